The maximum absolute atomic E-state index is 13.2. The van der Waals surface area contributed by atoms with Crippen LogP contribution in [0.15, 0.2) is 30.3 Å². The smallest absolute Gasteiger partial charge is 0.294 e. The molecule has 0 spiro atoms. The van der Waals surface area contributed by atoms with Crippen LogP contribution < -0.4 is 10.9 Å². The summed E-state index contributed by atoms with van der Waals surface area (Å²) in [4.78, 5) is 20.3. The van der Waals surface area contributed by atoms with E-state index in [-0.39, 0.29) is 17.1 Å². The number of nitrogens with zero attached hydrogens (tertiary/aromatic N) is 2. The van der Waals surface area contributed by atoms with Crippen LogP contribution in [-0.4, -0.2) is 9.85 Å². The number of nitro benzene ring substituents is 2. The van der Waals surface area contributed by atoms with Crippen LogP contribution >= 0.6 is 0 Å². The van der Waals surface area contributed by atoms with Crippen molar-refractivity contribution in [2.75, 3.05) is 10.9 Å². The summed E-state index contributed by atoms with van der Waals surface area (Å²) in [6, 6.07) is 5.26. The van der Waals surface area contributed by atoms with Gasteiger partial charge in [0.15, 0.2) is 11.6 Å². The van der Waals surface area contributed by atoms with E-state index in [4.69, 9.17) is 0 Å². The molecule has 2 aromatic rings. The molecule has 0 radical (unpaired) electrons. The van der Waals surface area contributed by atoms with E-state index in [1.54, 1.807) is 13.0 Å². The Morgan fingerprint density at radius 1 is 0.870 bits per heavy atom. The number of hydrazine groups is 1. The minimum absolute atomic E-state index is 0.0135. The Bertz CT molecular complexity index is 798. The summed E-state index contributed by atoms with van der Waals surface area (Å²) in [6.07, 6.45) is 0. The summed E-state index contributed by atoms with van der Waals surface area (Å²) in [6.45, 7) is 1.66. The molecule has 0 aliphatic heterocycles. The number of aryl methyl sites for hydroxylation is 1. The van der Waals surface area contributed by atoms with Gasteiger partial charge in [0.1, 0.15) is 11.4 Å². The van der Waals surface area contributed by atoms with E-state index in [9.17, 15) is 29.0 Å². The minimum Gasteiger partial charge on any atom is -0.294 e. The van der Waals surface area contributed by atoms with Gasteiger partial charge < -0.3 is 0 Å². The van der Waals surface area contributed by atoms with E-state index in [0.29, 0.717) is 17.7 Å². The van der Waals surface area contributed by atoms with Crippen molar-refractivity contribution < 1.29 is 18.6 Å². The molecule has 0 saturated heterocycles. The first-order chi connectivity index (χ1) is 10.8. The van der Waals surface area contributed by atoms with Gasteiger partial charge in [-0.15, -0.1) is 0 Å². The highest BCUT2D eigenvalue weighted by atomic mass is 19.2. The lowest BCUT2D eigenvalue weighted by molar-refractivity contribution is -0.384. The SMILES string of the molecule is Cc1ccc(NNc2cc(F)c(F)cc2[N+](=O)[O-])c([N+](=O)[O-])c1. The van der Waals surface area contributed by atoms with Crippen molar-refractivity contribution >= 4 is 22.7 Å². The van der Waals surface area contributed by atoms with Gasteiger partial charge in [0.25, 0.3) is 11.4 Å². The van der Waals surface area contributed by atoms with E-state index in [0.717, 1.165) is 0 Å². The number of nitro groups is 2. The molecule has 0 bridgehead atoms. The normalized spacial score (nSPS) is 10.2. The average Bonchev–Trinajstić information content (AvgIpc) is 2.48. The van der Waals surface area contributed by atoms with Crippen molar-refractivity contribution in [1.82, 2.24) is 0 Å². The second-order valence-corrected chi connectivity index (χ2v) is 4.57. The zero-order chi connectivity index (χ0) is 17.1. The lowest BCUT2D eigenvalue weighted by atomic mass is 10.2. The molecule has 8 nitrogen and oxygen atoms in total. The molecule has 0 aliphatic rings. The molecule has 0 atom stereocenters. The molecule has 0 aliphatic carbocycles. The number of benzene rings is 2. The first-order valence-electron chi connectivity index (χ1n) is 6.20. The van der Waals surface area contributed by atoms with Crippen LogP contribution in [0, 0.1) is 38.8 Å². The van der Waals surface area contributed by atoms with Crippen molar-refractivity contribution in [2.24, 2.45) is 0 Å². The van der Waals surface area contributed by atoms with E-state index >= 15 is 0 Å². The predicted octanol–water partition coefficient (Wildman–Crippen LogP) is 3.53. The summed E-state index contributed by atoms with van der Waals surface area (Å²) in [7, 11) is 0. The third-order valence-electron chi connectivity index (χ3n) is 2.92. The van der Waals surface area contributed by atoms with Gasteiger partial charge in [0, 0.05) is 12.1 Å². The number of rotatable bonds is 5. The van der Waals surface area contributed by atoms with Gasteiger partial charge in [0.05, 0.1) is 15.9 Å². The number of hydrogen-bond acceptors (Lipinski definition) is 6. The molecular weight excluding hydrogens is 314 g/mol. The van der Waals surface area contributed by atoms with Crippen molar-refractivity contribution in [1.29, 1.82) is 0 Å². The van der Waals surface area contributed by atoms with Gasteiger partial charge in [-0.3, -0.25) is 31.1 Å². The Morgan fingerprint density at radius 3 is 2.00 bits per heavy atom. The Hall–Kier alpha value is -3.30. The fraction of sp³-hybridized carbons (Fsp3) is 0.0769. The van der Waals surface area contributed by atoms with Crippen LogP contribution in [0.2, 0.25) is 0 Å². The third kappa shape index (κ3) is 3.48. The van der Waals surface area contributed by atoms with Crippen LogP contribution in [0.1, 0.15) is 5.56 Å². The summed E-state index contributed by atoms with van der Waals surface area (Å²) in [5.41, 5.74) is 3.98. The van der Waals surface area contributed by atoms with E-state index < -0.39 is 27.2 Å². The lowest BCUT2D eigenvalue weighted by Crippen LogP contribution is -2.12. The molecule has 0 fully saturated rings. The van der Waals surface area contributed by atoms with Gasteiger partial charge in [-0.2, -0.15) is 0 Å². The first-order valence-corrected chi connectivity index (χ1v) is 6.20. The predicted molar refractivity (Wildman–Crippen MR) is 78.1 cm³/mol. The molecular formula is C13H10F2N4O4. The van der Waals surface area contributed by atoms with E-state index in [1.807, 2.05) is 0 Å². The van der Waals surface area contributed by atoms with Gasteiger partial charge in [0.2, 0.25) is 0 Å². The van der Waals surface area contributed by atoms with Crippen LogP contribution in [0.5, 0.6) is 0 Å². The molecule has 0 heterocycles. The lowest BCUT2D eigenvalue weighted by Gasteiger charge is -2.11. The standard InChI is InChI=1S/C13H10F2N4O4/c1-7-2-3-10(12(4-7)18(20)21)16-17-11-5-8(14)9(15)6-13(11)19(22)23/h2-6,16-17H,1H3. The molecule has 0 saturated carbocycles. The average molecular weight is 324 g/mol. The number of anilines is 2. The molecule has 10 heteroatoms. The first kappa shape index (κ1) is 16.1. The molecule has 0 unspecified atom stereocenters. The van der Waals surface area contributed by atoms with Crippen molar-refractivity contribution in [3.63, 3.8) is 0 Å². The third-order valence-corrected chi connectivity index (χ3v) is 2.92. The highest BCUT2D eigenvalue weighted by Crippen LogP contribution is 2.29. The Labute approximate surface area is 128 Å². The zero-order valence-corrected chi connectivity index (χ0v) is 11.7. The van der Waals surface area contributed by atoms with Crippen molar-refractivity contribution in [3.05, 3.63) is 67.8 Å². The maximum Gasteiger partial charge on any atom is 0.297 e. The summed E-state index contributed by atoms with van der Waals surface area (Å²) in [5, 5.41) is 21.8. The Balaban J connectivity index is 2.33. The molecule has 2 aromatic carbocycles. The van der Waals surface area contributed by atoms with Crippen LogP contribution in [0.4, 0.5) is 31.5 Å². The maximum atomic E-state index is 13.2. The summed E-state index contributed by atoms with van der Waals surface area (Å²) < 4.78 is 26.3. The van der Waals surface area contributed by atoms with Gasteiger partial charge in [-0.25, -0.2) is 8.78 Å². The molecule has 2 N–H and O–H groups in total. The summed E-state index contributed by atoms with van der Waals surface area (Å²) >= 11 is 0. The van der Waals surface area contributed by atoms with Crippen molar-refractivity contribution in [2.45, 2.75) is 6.92 Å². The van der Waals surface area contributed by atoms with Gasteiger partial charge in [-0.05, 0) is 18.6 Å². The van der Waals surface area contributed by atoms with E-state index in [2.05, 4.69) is 10.9 Å². The zero-order valence-electron chi connectivity index (χ0n) is 11.7. The van der Waals surface area contributed by atoms with Crippen molar-refractivity contribution in [3.8, 4) is 0 Å². The Morgan fingerprint density at radius 2 is 1.39 bits per heavy atom. The number of halogens is 2. The van der Waals surface area contributed by atoms with Gasteiger partial charge in [-0.1, -0.05) is 6.07 Å². The molecule has 0 amide bonds. The number of hydrogen-bond donors (Lipinski definition) is 2. The topological polar surface area (TPSA) is 110 Å². The van der Waals surface area contributed by atoms with Crippen LogP contribution in [0.25, 0.3) is 0 Å². The second-order valence-electron chi connectivity index (χ2n) is 4.57. The fourth-order valence-electron chi connectivity index (χ4n) is 1.82. The van der Waals surface area contributed by atoms with Crippen LogP contribution in [0.3, 0.4) is 0 Å². The van der Waals surface area contributed by atoms with Crippen LogP contribution in [-0.2, 0) is 0 Å². The highest BCUT2D eigenvalue weighted by Gasteiger charge is 2.20. The quantitative estimate of drug-likeness (QED) is 0.643. The minimum atomic E-state index is -1.37. The number of nitrogens with one attached hydrogen (secondary N) is 2. The van der Waals surface area contributed by atoms with Gasteiger partial charge >= 0.3 is 0 Å². The Kier molecular flexibility index (Phi) is 4.35. The largest absolute Gasteiger partial charge is 0.297 e. The van der Waals surface area contributed by atoms with E-state index in [1.165, 1.54) is 12.1 Å². The molecule has 120 valence electrons. The molecule has 23 heavy (non-hydrogen) atoms. The monoisotopic (exact) mass is 324 g/mol. The second kappa shape index (κ2) is 6.22. The summed E-state index contributed by atoms with van der Waals surface area (Å²) in [5.74, 6) is -2.66. The molecule has 2 rings (SSSR count). The fourth-order valence-corrected chi connectivity index (χ4v) is 1.82. The molecule has 0 aromatic heterocycles. The highest BCUT2D eigenvalue weighted by molar-refractivity contribution is 5.69.